The minimum absolute atomic E-state index is 0.000920. The van der Waals surface area contributed by atoms with E-state index in [4.69, 9.17) is 28.3 Å². The molecule has 4 N–H and O–H groups in total. The van der Waals surface area contributed by atoms with Gasteiger partial charge in [-0.3, -0.25) is 19.0 Å². The number of halogens is 1. The Morgan fingerprint density at radius 1 is 0.932 bits per heavy atom. The zero-order chi connectivity index (χ0) is 32.6. The van der Waals surface area contributed by atoms with Crippen molar-refractivity contribution in [1.82, 2.24) is 39.8 Å². The molecule has 0 saturated carbocycles. The predicted molar refractivity (Wildman–Crippen MR) is 161 cm³/mol. The summed E-state index contributed by atoms with van der Waals surface area (Å²) in [4.78, 5) is 25.5. The lowest BCUT2D eigenvalue weighted by molar-refractivity contribution is 0.0945. The molecular formula is C24H24B3FN10O5S. The average Bonchev–Trinajstić information content (AvgIpc) is 3.42. The van der Waals surface area contributed by atoms with E-state index >= 15 is 4.39 Å². The van der Waals surface area contributed by atoms with Gasteiger partial charge in [0.25, 0.3) is 11.8 Å². The van der Waals surface area contributed by atoms with Crippen LogP contribution in [0.15, 0.2) is 30.3 Å². The first kappa shape index (κ1) is 32.1. The zero-order valence-electron chi connectivity index (χ0n) is 24.1. The summed E-state index contributed by atoms with van der Waals surface area (Å²) in [5.41, 5.74) is 0.579. The van der Waals surface area contributed by atoms with Crippen molar-refractivity contribution in [2.45, 2.75) is 12.2 Å². The maximum atomic E-state index is 15.0. The molecule has 6 radical (unpaired) electrons. The van der Waals surface area contributed by atoms with Crippen molar-refractivity contribution in [3.05, 3.63) is 53.2 Å². The summed E-state index contributed by atoms with van der Waals surface area (Å²) in [6.07, 6.45) is 0.825. The highest BCUT2D eigenvalue weighted by Gasteiger charge is 2.24. The Balaban J connectivity index is 1.79. The maximum Gasteiger partial charge on any atom is 0.282 e. The zero-order valence-corrected chi connectivity index (χ0v) is 24.9. The van der Waals surface area contributed by atoms with Crippen LogP contribution in [-0.4, -0.2) is 92.1 Å². The van der Waals surface area contributed by atoms with E-state index in [1.807, 2.05) is 11.6 Å². The summed E-state index contributed by atoms with van der Waals surface area (Å²) in [6, 6.07) is 6.59. The van der Waals surface area contributed by atoms with E-state index in [1.54, 1.807) is 17.8 Å². The molecule has 15 nitrogen and oxygen atoms in total. The third-order valence-electron chi connectivity index (χ3n) is 5.90. The van der Waals surface area contributed by atoms with Gasteiger partial charge in [-0.05, 0) is 19.1 Å². The number of ether oxygens (including phenoxy) is 1. The number of carbonyl (C=O) groups excluding carboxylic acids is 2. The maximum absolute atomic E-state index is 15.0. The fourth-order valence-corrected chi connectivity index (χ4v) is 4.44. The number of amides is 2. The Bertz CT molecular complexity index is 1860. The molecular weight excluding hydrogens is 592 g/mol. The second-order valence-corrected chi connectivity index (χ2v) is 11.4. The van der Waals surface area contributed by atoms with Crippen LogP contribution >= 0.6 is 0 Å². The Morgan fingerprint density at radius 3 is 2.23 bits per heavy atom. The number of methoxy groups -OCH3 is 1. The number of nitrogens with one attached hydrogen (secondary N) is 4. The SMILES string of the molecule is [B]C([B])([B])NC(=O)c1nnc(Nc2cc(C)n(C)n2)cc1Nc1cc(F)cc(-c2cc(C(=O)NS(C)(=O)=O)n(C)n2)c1OC. The lowest BCUT2D eigenvalue weighted by atomic mass is 9.49. The molecule has 0 atom stereocenters. The highest BCUT2D eigenvalue weighted by molar-refractivity contribution is 7.89. The minimum Gasteiger partial charge on any atom is -0.494 e. The molecule has 0 saturated heterocycles. The highest BCUT2D eigenvalue weighted by atomic mass is 32.2. The van der Waals surface area contributed by atoms with Crippen LogP contribution in [0.5, 0.6) is 5.75 Å². The van der Waals surface area contributed by atoms with Gasteiger partial charge in [-0.15, -0.1) is 10.2 Å². The standard InChI is InChI=1S/C24H24B3FN10O5S/c1-11-6-19(35-37(11)2)30-18-10-15(20(33-32-18)23(40)31-24(25,26)27)29-16-8-12(28)7-13(21(16)43-4)14-9-17(38(3)34-14)22(39)36-44(5,41)42/h6-10H,1-5H3,(H,31,40)(H,36,39)(H2,29,30,32,35). The number of benzene rings is 1. The van der Waals surface area contributed by atoms with Gasteiger partial charge < -0.3 is 20.7 Å². The van der Waals surface area contributed by atoms with E-state index in [9.17, 15) is 18.0 Å². The molecule has 3 heterocycles. The van der Waals surface area contributed by atoms with Crippen LogP contribution in [0.1, 0.15) is 26.7 Å². The number of aromatic nitrogens is 6. The fourth-order valence-electron chi connectivity index (χ4n) is 4.00. The Morgan fingerprint density at radius 2 is 1.64 bits per heavy atom. The van der Waals surface area contributed by atoms with Gasteiger partial charge >= 0.3 is 0 Å². The van der Waals surface area contributed by atoms with Crippen LogP contribution < -0.4 is 25.4 Å². The van der Waals surface area contributed by atoms with Crippen molar-refractivity contribution in [1.29, 1.82) is 0 Å². The monoisotopic (exact) mass is 616 g/mol. The molecule has 0 spiro atoms. The van der Waals surface area contributed by atoms with Crippen LogP contribution in [0, 0.1) is 12.7 Å². The Kier molecular flexibility index (Phi) is 8.76. The molecule has 4 rings (SSSR count). The number of hydrogen-bond donors (Lipinski definition) is 4. The van der Waals surface area contributed by atoms with Crippen LogP contribution in [-0.2, 0) is 24.1 Å². The normalized spacial score (nSPS) is 11.6. The van der Waals surface area contributed by atoms with Gasteiger partial charge in [-0.1, -0.05) is 5.24 Å². The minimum atomic E-state index is -3.86. The molecule has 4 aromatic rings. The summed E-state index contributed by atoms with van der Waals surface area (Å²) in [5, 5.41) is 22.5. The van der Waals surface area contributed by atoms with E-state index in [1.165, 1.54) is 26.3 Å². The smallest absolute Gasteiger partial charge is 0.282 e. The van der Waals surface area contributed by atoms with Crippen molar-refractivity contribution in [2.75, 3.05) is 24.0 Å². The Hall–Kier alpha value is -4.87. The molecule has 20 heteroatoms. The number of carbonyl (C=O) groups is 2. The first-order valence-electron chi connectivity index (χ1n) is 12.5. The molecule has 0 bridgehead atoms. The molecule has 0 aliphatic heterocycles. The number of anilines is 4. The average molecular weight is 616 g/mol. The van der Waals surface area contributed by atoms with Gasteiger partial charge in [-0.2, -0.15) is 10.2 Å². The largest absolute Gasteiger partial charge is 0.494 e. The van der Waals surface area contributed by atoms with Gasteiger partial charge in [0.1, 0.15) is 11.5 Å². The third kappa shape index (κ3) is 7.55. The third-order valence-corrected chi connectivity index (χ3v) is 6.46. The van der Waals surface area contributed by atoms with Gasteiger partial charge in [0.15, 0.2) is 23.1 Å². The van der Waals surface area contributed by atoms with Crippen LogP contribution in [0.4, 0.5) is 27.4 Å². The lowest BCUT2D eigenvalue weighted by Gasteiger charge is -2.23. The summed E-state index contributed by atoms with van der Waals surface area (Å²) >= 11 is 0. The summed E-state index contributed by atoms with van der Waals surface area (Å²) in [5.74, 6) is -1.97. The molecule has 1 aromatic carbocycles. The number of sulfonamides is 1. The van der Waals surface area contributed by atoms with Crippen molar-refractivity contribution in [2.24, 2.45) is 14.1 Å². The summed E-state index contributed by atoms with van der Waals surface area (Å²) in [6.45, 7) is 1.85. The van der Waals surface area contributed by atoms with E-state index in [-0.39, 0.29) is 45.6 Å². The topological polar surface area (TPSA) is 187 Å². The molecule has 222 valence electrons. The van der Waals surface area contributed by atoms with Crippen molar-refractivity contribution < 1.29 is 27.1 Å². The number of rotatable bonds is 10. The summed E-state index contributed by atoms with van der Waals surface area (Å²) < 4.78 is 48.3. The van der Waals surface area contributed by atoms with Gasteiger partial charge in [0.2, 0.25) is 10.0 Å². The number of hydrogen-bond acceptors (Lipinski definition) is 11. The first-order chi connectivity index (χ1) is 20.4. The molecule has 0 fully saturated rings. The van der Waals surface area contributed by atoms with Crippen LogP contribution in [0.3, 0.4) is 0 Å². The van der Waals surface area contributed by atoms with E-state index < -0.39 is 32.9 Å². The highest BCUT2D eigenvalue weighted by Crippen LogP contribution is 2.39. The van der Waals surface area contributed by atoms with Crippen molar-refractivity contribution >= 4 is 68.4 Å². The Labute approximate surface area is 255 Å². The fraction of sp³-hybridized carbons (Fsp3) is 0.250. The van der Waals surface area contributed by atoms with E-state index in [2.05, 4.69) is 36.3 Å². The van der Waals surface area contributed by atoms with Gasteiger partial charge in [-0.25, -0.2) is 17.5 Å². The predicted octanol–water partition coefficient (Wildman–Crippen LogP) is 0.0899. The van der Waals surface area contributed by atoms with E-state index in [0.717, 1.165) is 28.8 Å². The molecule has 0 aliphatic carbocycles. The first-order valence-corrected chi connectivity index (χ1v) is 14.4. The molecule has 2 amide bonds. The van der Waals surface area contributed by atoms with Gasteiger partial charge in [0.05, 0.1) is 54.0 Å². The molecule has 0 aliphatic rings. The van der Waals surface area contributed by atoms with Crippen molar-refractivity contribution in [3.63, 3.8) is 0 Å². The van der Waals surface area contributed by atoms with Gasteiger partial charge in [0, 0.05) is 43.6 Å². The number of nitrogens with zero attached hydrogens (tertiary/aromatic N) is 6. The van der Waals surface area contributed by atoms with Crippen molar-refractivity contribution in [3.8, 4) is 17.0 Å². The summed E-state index contributed by atoms with van der Waals surface area (Å²) in [7, 11) is 17.2. The molecule has 44 heavy (non-hydrogen) atoms. The molecule has 3 aromatic heterocycles. The van der Waals surface area contributed by atoms with Crippen LogP contribution in [0.2, 0.25) is 0 Å². The van der Waals surface area contributed by atoms with E-state index in [0.29, 0.717) is 5.82 Å². The quantitative estimate of drug-likeness (QED) is 0.177. The second-order valence-electron chi connectivity index (χ2n) is 9.70. The molecule has 0 unspecified atom stereocenters. The second kappa shape index (κ2) is 12.0. The number of aryl methyl sites for hydroxylation is 3. The van der Waals surface area contributed by atoms with Crippen LogP contribution in [0.25, 0.3) is 11.3 Å². The lowest BCUT2D eigenvalue weighted by Crippen LogP contribution is -2.50.